The van der Waals surface area contributed by atoms with Gasteiger partial charge in [-0.1, -0.05) is 12.2 Å². The highest BCUT2D eigenvalue weighted by molar-refractivity contribution is 5.87. The molecule has 8 atom stereocenters. The molecule has 2 heterocycles. The minimum absolute atomic E-state index is 0.0226. The molecule has 0 amide bonds. The third-order valence-electron chi connectivity index (χ3n) is 8.11. The number of ether oxygens (including phenoxy) is 4. The fraction of sp³-hybridized carbons (Fsp3) is 0.593. The van der Waals surface area contributed by atoms with Crippen molar-refractivity contribution in [3.05, 3.63) is 36.1 Å². The number of allylic oxidation sites excluding steroid dienone is 1. The van der Waals surface area contributed by atoms with E-state index in [4.69, 9.17) is 23.4 Å². The van der Waals surface area contributed by atoms with Crippen LogP contribution < -0.4 is 9.47 Å². The van der Waals surface area contributed by atoms with Gasteiger partial charge in [0.05, 0.1) is 32.7 Å². The predicted molar refractivity (Wildman–Crippen MR) is 131 cm³/mol. The maximum Gasteiger partial charge on any atom is 0.306 e. The molecule has 1 saturated carbocycles. The first-order chi connectivity index (χ1) is 18.2. The van der Waals surface area contributed by atoms with Crippen molar-refractivity contribution in [1.82, 2.24) is 0 Å². The van der Waals surface area contributed by atoms with Gasteiger partial charge in [-0.3, -0.25) is 4.79 Å². The zero-order chi connectivity index (χ0) is 27.2. The van der Waals surface area contributed by atoms with Gasteiger partial charge in [-0.05, 0) is 49.8 Å². The van der Waals surface area contributed by atoms with E-state index >= 15 is 0 Å². The number of rotatable bonds is 8. The van der Waals surface area contributed by atoms with Crippen LogP contribution in [0.1, 0.15) is 31.7 Å². The van der Waals surface area contributed by atoms with Crippen LogP contribution in [0.2, 0.25) is 0 Å². The molecule has 5 rings (SSSR count). The summed E-state index contributed by atoms with van der Waals surface area (Å²) in [5.41, 5.74) is -3.24. The van der Waals surface area contributed by atoms with E-state index < -0.39 is 60.2 Å². The van der Waals surface area contributed by atoms with E-state index in [0.29, 0.717) is 16.5 Å². The van der Waals surface area contributed by atoms with Crippen LogP contribution in [0.3, 0.4) is 0 Å². The van der Waals surface area contributed by atoms with Gasteiger partial charge in [0.15, 0.2) is 16.9 Å². The van der Waals surface area contributed by atoms with Crippen molar-refractivity contribution in [2.45, 2.75) is 68.4 Å². The third-order valence-corrected chi connectivity index (χ3v) is 8.11. The highest BCUT2D eigenvalue weighted by Crippen LogP contribution is 2.55. The number of carbonyl (C=O) groups is 1. The number of fused-ring (bicyclic) bond motifs is 5. The number of hydrogen-bond acceptors (Lipinski definition) is 11. The second-order valence-corrected chi connectivity index (χ2v) is 10.2. The number of hydrogen-bond donors (Lipinski definition) is 5. The minimum Gasteiger partial charge on any atom is -0.490 e. The quantitative estimate of drug-likeness (QED) is 0.240. The summed E-state index contributed by atoms with van der Waals surface area (Å²) in [4.78, 5) is 12.1. The summed E-state index contributed by atoms with van der Waals surface area (Å²) in [5.74, 6) is -1.26. The first-order valence-corrected chi connectivity index (χ1v) is 12.8. The molecule has 2 aliphatic carbocycles. The average Bonchev–Trinajstić information content (AvgIpc) is 3.36. The van der Waals surface area contributed by atoms with Crippen molar-refractivity contribution in [2.24, 2.45) is 11.8 Å². The Hall–Kier alpha value is -2.67. The SMILES string of the molecule is CCOC(=O)CCc1cc2ccoc2c(OC)c1OC1OC(CO)C2(O)CC3C=CC(O)CC3C1(O)C2O. The number of carbonyl (C=O) groups excluding carboxylic acids is 1. The first-order valence-electron chi connectivity index (χ1n) is 12.8. The van der Waals surface area contributed by atoms with Gasteiger partial charge >= 0.3 is 5.97 Å². The van der Waals surface area contributed by atoms with E-state index in [9.17, 15) is 30.3 Å². The van der Waals surface area contributed by atoms with Crippen molar-refractivity contribution in [2.75, 3.05) is 20.3 Å². The lowest BCUT2D eigenvalue weighted by molar-refractivity contribution is -0.386. The Morgan fingerprint density at radius 2 is 2.00 bits per heavy atom. The van der Waals surface area contributed by atoms with Crippen molar-refractivity contribution < 1.29 is 53.7 Å². The summed E-state index contributed by atoms with van der Waals surface area (Å²) in [6.45, 7) is 1.31. The number of aliphatic hydroxyl groups excluding tert-OH is 3. The number of benzene rings is 1. The number of furan rings is 1. The van der Waals surface area contributed by atoms with Gasteiger partial charge in [0.2, 0.25) is 12.0 Å². The van der Waals surface area contributed by atoms with Gasteiger partial charge in [-0.2, -0.15) is 0 Å². The minimum atomic E-state index is -2.17. The lowest BCUT2D eigenvalue weighted by Crippen LogP contribution is -2.80. The molecule has 2 aromatic rings. The van der Waals surface area contributed by atoms with Gasteiger partial charge in [-0.15, -0.1) is 0 Å². The molecule has 3 aliphatic rings. The molecule has 11 heteroatoms. The van der Waals surface area contributed by atoms with E-state index in [0.717, 1.165) is 0 Å². The smallest absolute Gasteiger partial charge is 0.306 e. The van der Waals surface area contributed by atoms with Crippen molar-refractivity contribution in [3.8, 4) is 11.5 Å². The number of aliphatic hydroxyl groups is 5. The van der Waals surface area contributed by atoms with Crippen LogP contribution in [0.4, 0.5) is 0 Å². The van der Waals surface area contributed by atoms with Crippen LogP contribution in [0.15, 0.2) is 35.0 Å². The molecule has 208 valence electrons. The van der Waals surface area contributed by atoms with Gasteiger partial charge in [0, 0.05) is 17.7 Å². The molecular weight excluding hydrogens is 500 g/mol. The zero-order valence-corrected chi connectivity index (χ0v) is 21.3. The van der Waals surface area contributed by atoms with E-state index in [1.807, 2.05) is 0 Å². The van der Waals surface area contributed by atoms with Crippen LogP contribution >= 0.6 is 0 Å². The molecule has 1 saturated heterocycles. The van der Waals surface area contributed by atoms with Crippen LogP contribution in [-0.4, -0.2) is 87.6 Å². The van der Waals surface area contributed by atoms with Crippen molar-refractivity contribution in [3.63, 3.8) is 0 Å². The lowest BCUT2D eigenvalue weighted by Gasteiger charge is -2.62. The Morgan fingerprint density at radius 3 is 2.71 bits per heavy atom. The van der Waals surface area contributed by atoms with Crippen LogP contribution in [0.5, 0.6) is 11.5 Å². The fourth-order valence-corrected chi connectivity index (χ4v) is 6.26. The van der Waals surface area contributed by atoms with Crippen LogP contribution in [0, 0.1) is 11.8 Å². The van der Waals surface area contributed by atoms with Crippen molar-refractivity contribution in [1.29, 1.82) is 0 Å². The Kier molecular flexibility index (Phi) is 7.18. The Labute approximate surface area is 219 Å². The molecular formula is C27H34O11. The monoisotopic (exact) mass is 534 g/mol. The second kappa shape index (κ2) is 10.1. The summed E-state index contributed by atoms with van der Waals surface area (Å²) in [6.07, 6.45) is -0.354. The Bertz CT molecular complexity index is 1210. The van der Waals surface area contributed by atoms with Gasteiger partial charge in [-0.25, -0.2) is 0 Å². The molecule has 0 spiro atoms. The summed E-state index contributed by atoms with van der Waals surface area (Å²) in [7, 11) is 1.42. The summed E-state index contributed by atoms with van der Waals surface area (Å²) in [5, 5.41) is 55.9. The molecule has 5 N–H and O–H groups in total. The summed E-state index contributed by atoms with van der Waals surface area (Å²) < 4.78 is 28.6. The van der Waals surface area contributed by atoms with E-state index in [1.54, 1.807) is 31.2 Å². The zero-order valence-electron chi connectivity index (χ0n) is 21.3. The third kappa shape index (κ3) is 4.18. The normalized spacial score (nSPS) is 36.1. The number of methoxy groups -OCH3 is 1. The molecule has 8 unspecified atom stereocenters. The topological polar surface area (TPSA) is 168 Å². The summed E-state index contributed by atoms with van der Waals surface area (Å²) >= 11 is 0. The van der Waals surface area contributed by atoms with Gasteiger partial charge < -0.3 is 48.9 Å². The molecule has 38 heavy (non-hydrogen) atoms. The first kappa shape index (κ1) is 26.9. The largest absolute Gasteiger partial charge is 0.490 e. The summed E-state index contributed by atoms with van der Waals surface area (Å²) in [6, 6.07) is 3.49. The van der Waals surface area contributed by atoms with E-state index in [-0.39, 0.29) is 43.8 Å². The molecule has 1 aromatic carbocycles. The number of esters is 1. The molecule has 1 aromatic heterocycles. The standard InChI is InChI=1S/C27H34O11/c1-3-35-20(30)7-5-14-10-15-8-9-36-21(15)23(34-2)22(14)38-25-27(33)18-11-17(29)6-4-16(18)12-26(32,24(27)31)19(13-28)37-25/h4,6,8-10,16-19,24-25,28-29,31-33H,3,5,7,11-13H2,1-2H3. The van der Waals surface area contributed by atoms with Crippen LogP contribution in [0.25, 0.3) is 11.0 Å². The highest BCUT2D eigenvalue weighted by atomic mass is 16.7. The molecule has 1 aliphatic heterocycles. The van der Waals surface area contributed by atoms with E-state index in [1.165, 1.54) is 13.4 Å². The average molecular weight is 535 g/mol. The second-order valence-electron chi connectivity index (χ2n) is 10.2. The predicted octanol–water partition coefficient (Wildman–Crippen LogP) is 0.813. The Balaban J connectivity index is 1.59. The van der Waals surface area contributed by atoms with Crippen LogP contribution in [-0.2, 0) is 20.7 Å². The van der Waals surface area contributed by atoms with Crippen molar-refractivity contribution >= 4 is 16.9 Å². The molecule has 0 radical (unpaired) electrons. The highest BCUT2D eigenvalue weighted by Gasteiger charge is 2.71. The fourth-order valence-electron chi connectivity index (χ4n) is 6.26. The molecule has 2 fully saturated rings. The number of aryl methyl sites for hydroxylation is 1. The molecule has 11 nitrogen and oxygen atoms in total. The maximum absolute atomic E-state index is 12.1. The maximum atomic E-state index is 12.1. The van der Waals surface area contributed by atoms with Gasteiger partial charge in [0.25, 0.3) is 0 Å². The Morgan fingerprint density at radius 1 is 1.21 bits per heavy atom. The van der Waals surface area contributed by atoms with Gasteiger partial charge in [0.1, 0.15) is 17.8 Å². The van der Waals surface area contributed by atoms with E-state index in [2.05, 4.69) is 0 Å². The molecule has 2 bridgehead atoms. The lowest BCUT2D eigenvalue weighted by atomic mass is 9.55.